The number of aromatic nitrogens is 1. The van der Waals surface area contributed by atoms with E-state index in [4.69, 9.17) is 18.6 Å². The van der Waals surface area contributed by atoms with Crippen molar-refractivity contribution in [2.24, 2.45) is 0 Å². The van der Waals surface area contributed by atoms with Crippen LogP contribution < -0.4 is 26.3 Å². The van der Waals surface area contributed by atoms with E-state index in [1.807, 2.05) is 60.7 Å². The lowest BCUT2D eigenvalue weighted by Gasteiger charge is -2.43. The van der Waals surface area contributed by atoms with Crippen molar-refractivity contribution in [2.75, 3.05) is 25.6 Å². The van der Waals surface area contributed by atoms with Gasteiger partial charge in [0.15, 0.2) is 0 Å². The van der Waals surface area contributed by atoms with Crippen molar-refractivity contribution in [3.63, 3.8) is 0 Å². The first kappa shape index (κ1) is 42.4. The average molecular weight is 789 g/mol. The maximum Gasteiger partial charge on any atom is 0.412 e. The van der Waals surface area contributed by atoms with Crippen molar-refractivity contribution in [3.05, 3.63) is 96.0 Å². The summed E-state index contributed by atoms with van der Waals surface area (Å²) < 4.78 is 22.4. The van der Waals surface area contributed by atoms with Crippen LogP contribution in [-0.2, 0) is 33.0 Å². The van der Waals surface area contributed by atoms with Gasteiger partial charge in [0, 0.05) is 23.6 Å². The Hall–Kier alpha value is -5.38. The van der Waals surface area contributed by atoms with E-state index in [-0.39, 0.29) is 12.3 Å². The van der Waals surface area contributed by atoms with Crippen LogP contribution in [0.4, 0.5) is 10.5 Å². The van der Waals surface area contributed by atoms with E-state index in [1.54, 1.807) is 45.0 Å². The Balaban J connectivity index is 1.55. The molecule has 55 heavy (non-hydrogen) atoms. The summed E-state index contributed by atoms with van der Waals surface area (Å²) >= 11 is 1.17. The number of esters is 2. The molecule has 292 valence electrons. The maximum atomic E-state index is 13.8. The number of thiazole rings is 1. The number of hydrogen-bond donors (Lipinski definition) is 3. The van der Waals surface area contributed by atoms with E-state index in [2.05, 4.69) is 41.7 Å². The second-order valence-corrected chi connectivity index (χ2v) is 19.8. The predicted octanol–water partition coefficient (Wildman–Crippen LogP) is 5.05. The summed E-state index contributed by atoms with van der Waals surface area (Å²) in [5.41, 5.74) is 0.395. The first-order valence-electron chi connectivity index (χ1n) is 17.6. The molecule has 0 saturated heterocycles. The van der Waals surface area contributed by atoms with Gasteiger partial charge >= 0.3 is 18.0 Å². The van der Waals surface area contributed by atoms with Crippen molar-refractivity contribution in [1.29, 1.82) is 0 Å². The lowest BCUT2D eigenvalue weighted by Crippen LogP contribution is -2.68. The third-order valence-corrected chi connectivity index (χ3v) is 14.1. The zero-order chi connectivity index (χ0) is 40.4. The molecule has 2 atom stereocenters. The third kappa shape index (κ3) is 11.3. The van der Waals surface area contributed by atoms with Crippen molar-refractivity contribution in [3.8, 4) is 10.6 Å². The monoisotopic (exact) mass is 788 g/mol. The number of carbonyl (C=O) groups is 5. The molecule has 0 aliphatic rings. The molecule has 4 aromatic rings. The number of ether oxygens (including phenoxy) is 3. The topological polar surface area (TPSA) is 171 Å². The molecule has 0 spiro atoms. The molecular formula is C40H48N4O9SSi. The zero-order valence-electron chi connectivity index (χ0n) is 32.3. The highest BCUT2D eigenvalue weighted by Gasteiger charge is 2.51. The largest absolute Gasteiger partial charge is 0.467 e. The van der Waals surface area contributed by atoms with Crippen LogP contribution in [-0.4, -0.2) is 81.2 Å². The van der Waals surface area contributed by atoms with Gasteiger partial charge in [0.1, 0.15) is 35.0 Å². The summed E-state index contributed by atoms with van der Waals surface area (Å²) in [6, 6.07) is 23.7. The molecule has 0 fully saturated rings. The average Bonchev–Trinajstić information content (AvgIpc) is 3.63. The molecule has 3 aromatic carbocycles. The number of carbonyl (C=O) groups excluding carboxylic acids is 5. The molecule has 1 heterocycles. The van der Waals surface area contributed by atoms with Gasteiger partial charge in [-0.3, -0.25) is 19.7 Å². The number of amides is 3. The van der Waals surface area contributed by atoms with Crippen LogP contribution in [0.15, 0.2) is 90.3 Å². The van der Waals surface area contributed by atoms with E-state index < -0.39 is 67.5 Å². The number of nitrogens with zero attached hydrogens (tertiary/aromatic N) is 1. The highest BCUT2D eigenvalue weighted by Crippen LogP contribution is 2.37. The molecule has 13 nitrogen and oxygen atoms in total. The van der Waals surface area contributed by atoms with Gasteiger partial charge < -0.3 is 29.3 Å². The number of hydrogen-bond acceptors (Lipinski definition) is 11. The Morgan fingerprint density at radius 3 is 1.96 bits per heavy atom. The molecule has 1 aromatic heterocycles. The lowest BCUT2D eigenvalue weighted by molar-refractivity contribution is -0.148. The van der Waals surface area contributed by atoms with Crippen LogP contribution in [0.1, 0.15) is 59.0 Å². The van der Waals surface area contributed by atoms with Crippen LogP contribution >= 0.6 is 11.3 Å². The van der Waals surface area contributed by atoms with Crippen LogP contribution in [0.5, 0.6) is 0 Å². The van der Waals surface area contributed by atoms with Crippen LogP contribution in [0.3, 0.4) is 0 Å². The Labute approximate surface area is 326 Å². The van der Waals surface area contributed by atoms with Gasteiger partial charge in [0.2, 0.25) is 5.91 Å². The van der Waals surface area contributed by atoms with Crippen molar-refractivity contribution in [2.45, 2.75) is 71.2 Å². The quantitative estimate of drug-likeness (QED) is 0.0893. The number of nitrogens with one attached hydrogen (secondary N) is 3. The Bertz CT molecular complexity index is 1920. The molecule has 15 heteroatoms. The fourth-order valence-corrected chi connectivity index (χ4v) is 11.2. The Morgan fingerprint density at radius 2 is 1.42 bits per heavy atom. The van der Waals surface area contributed by atoms with E-state index in [1.165, 1.54) is 30.8 Å². The van der Waals surface area contributed by atoms with E-state index in [0.29, 0.717) is 16.3 Å². The van der Waals surface area contributed by atoms with E-state index in [9.17, 15) is 24.0 Å². The number of benzene rings is 3. The molecule has 0 aliphatic heterocycles. The SMILES string of the molecule is COC(=O)[C@H](CO[Si](c1ccccc1)(c1ccccc1)C(C)(C)C)NC(=O)[C@H](COC(C)=O)NC(=O)c1csc(-c2cccc(NC(=O)OC(C)(C)C)c2)n1. The summed E-state index contributed by atoms with van der Waals surface area (Å²) in [5, 5.41) is 11.4. The minimum atomic E-state index is -3.13. The maximum absolute atomic E-state index is 13.8. The molecule has 0 aliphatic carbocycles. The first-order chi connectivity index (χ1) is 25.9. The molecule has 4 rings (SSSR count). The van der Waals surface area contributed by atoms with Crippen molar-refractivity contribution >= 4 is 65.6 Å². The second-order valence-electron chi connectivity index (χ2n) is 14.6. The van der Waals surface area contributed by atoms with Gasteiger partial charge in [-0.05, 0) is 48.3 Å². The molecule has 0 bridgehead atoms. The van der Waals surface area contributed by atoms with Gasteiger partial charge in [-0.2, -0.15) is 0 Å². The van der Waals surface area contributed by atoms with Crippen LogP contribution in [0.2, 0.25) is 5.04 Å². The van der Waals surface area contributed by atoms with Crippen molar-refractivity contribution < 1.29 is 42.6 Å². The van der Waals surface area contributed by atoms with Gasteiger partial charge in [-0.15, -0.1) is 11.3 Å². The lowest BCUT2D eigenvalue weighted by atomic mass is 10.2. The normalized spacial score (nSPS) is 12.8. The standard InChI is InChI=1S/C40H48N4O9SSi/c1-26(45)51-23-31(42-35(47)33-25-54-36(44-33)27-16-15-17-28(22-27)41-38(49)53-39(2,3)4)34(46)43-32(37(48)50-8)24-52-55(40(5,6)7,29-18-11-9-12-19-29)30-20-13-10-14-21-30/h9-22,25,31-32H,23-24H2,1-8H3,(H,41,49)(H,42,47)(H,43,46)/t31-,32-/m0/s1. The van der Waals surface area contributed by atoms with Gasteiger partial charge in [-0.25, -0.2) is 14.6 Å². The molecule has 3 N–H and O–H groups in total. The highest BCUT2D eigenvalue weighted by atomic mass is 32.1. The third-order valence-electron chi connectivity index (χ3n) is 8.25. The van der Waals surface area contributed by atoms with Gasteiger partial charge in [0.25, 0.3) is 14.2 Å². The zero-order valence-corrected chi connectivity index (χ0v) is 34.1. The van der Waals surface area contributed by atoms with Crippen molar-refractivity contribution in [1.82, 2.24) is 15.6 Å². The molecular weight excluding hydrogens is 741 g/mol. The van der Waals surface area contributed by atoms with Gasteiger partial charge in [0.05, 0.1) is 13.7 Å². The Morgan fingerprint density at radius 1 is 0.800 bits per heavy atom. The molecule has 0 unspecified atom stereocenters. The predicted molar refractivity (Wildman–Crippen MR) is 213 cm³/mol. The van der Waals surface area contributed by atoms with Crippen LogP contribution in [0.25, 0.3) is 10.6 Å². The second kappa shape index (κ2) is 18.3. The number of anilines is 1. The highest BCUT2D eigenvalue weighted by molar-refractivity contribution is 7.13. The minimum absolute atomic E-state index is 0.00864. The van der Waals surface area contributed by atoms with E-state index >= 15 is 0 Å². The van der Waals surface area contributed by atoms with Crippen LogP contribution in [0, 0.1) is 0 Å². The summed E-state index contributed by atoms with van der Waals surface area (Å²) in [6.07, 6.45) is -0.620. The molecule has 3 amide bonds. The smallest absolute Gasteiger partial charge is 0.412 e. The minimum Gasteiger partial charge on any atom is -0.467 e. The summed E-state index contributed by atoms with van der Waals surface area (Å²) in [5.74, 6) is -2.98. The summed E-state index contributed by atoms with van der Waals surface area (Å²) in [4.78, 5) is 69.0. The fourth-order valence-electron chi connectivity index (χ4n) is 5.83. The number of methoxy groups -OCH3 is 1. The summed E-state index contributed by atoms with van der Waals surface area (Å²) in [7, 11) is -1.93. The summed E-state index contributed by atoms with van der Waals surface area (Å²) in [6.45, 7) is 11.9. The molecule has 0 radical (unpaired) electrons. The Kier molecular flexibility index (Phi) is 14.1. The molecule has 0 saturated carbocycles. The number of rotatable bonds is 14. The first-order valence-corrected chi connectivity index (χ1v) is 20.4. The van der Waals surface area contributed by atoms with Gasteiger partial charge in [-0.1, -0.05) is 93.6 Å². The van der Waals surface area contributed by atoms with E-state index in [0.717, 1.165) is 10.4 Å². The fraction of sp³-hybridized carbons (Fsp3) is 0.350.